The monoisotopic (exact) mass is 324 g/mol. The molecule has 0 spiro atoms. The van der Waals surface area contributed by atoms with Gasteiger partial charge >= 0.3 is 0 Å². The van der Waals surface area contributed by atoms with E-state index in [0.29, 0.717) is 12.5 Å². The van der Waals surface area contributed by atoms with Crippen LogP contribution in [-0.2, 0) is 6.61 Å². The maximum absolute atomic E-state index is 5.97. The molecule has 18 heavy (non-hydrogen) atoms. The van der Waals surface area contributed by atoms with Crippen LogP contribution in [0.5, 0.6) is 5.75 Å². The van der Waals surface area contributed by atoms with E-state index in [0.717, 1.165) is 16.6 Å². The number of hydrogen-bond acceptors (Lipinski definition) is 2. The molecule has 0 fully saturated rings. The number of ether oxygens (including phenoxy) is 1. The van der Waals surface area contributed by atoms with E-state index in [-0.39, 0.29) is 0 Å². The van der Waals surface area contributed by atoms with Crippen molar-refractivity contribution < 1.29 is 4.74 Å². The first-order valence-electron chi connectivity index (χ1n) is 6.16. The van der Waals surface area contributed by atoms with Crippen LogP contribution in [0.2, 0.25) is 0 Å². The van der Waals surface area contributed by atoms with E-state index in [1.807, 2.05) is 6.07 Å². The van der Waals surface area contributed by atoms with E-state index >= 15 is 0 Å². The van der Waals surface area contributed by atoms with Crippen molar-refractivity contribution in [2.24, 2.45) is 0 Å². The summed E-state index contributed by atoms with van der Waals surface area (Å²) in [5.41, 5.74) is 1.30. The Morgan fingerprint density at radius 2 is 2.06 bits per heavy atom. The van der Waals surface area contributed by atoms with Crippen LogP contribution < -0.4 is 4.74 Å². The normalized spacial score (nSPS) is 12.4. The summed E-state index contributed by atoms with van der Waals surface area (Å²) in [6, 6.07) is 10.4. The Morgan fingerprint density at radius 1 is 1.28 bits per heavy atom. The van der Waals surface area contributed by atoms with Gasteiger partial charge in [0.1, 0.15) is 12.4 Å². The molecule has 96 valence electrons. The molecule has 0 aliphatic heterocycles. The van der Waals surface area contributed by atoms with Gasteiger partial charge in [0.15, 0.2) is 0 Å². The molecule has 3 heteroatoms. The summed E-state index contributed by atoms with van der Waals surface area (Å²) in [6.45, 7) is 5.08. The second-order valence-corrected chi connectivity index (χ2v) is 6.18. The molecule has 0 saturated heterocycles. The SMILES string of the molecule is CCC(C)c1ccccc1OCc1sccc1Br. The van der Waals surface area contributed by atoms with Gasteiger partial charge in [-0.2, -0.15) is 0 Å². The van der Waals surface area contributed by atoms with Crippen LogP contribution in [0.15, 0.2) is 40.2 Å². The molecule has 0 radical (unpaired) electrons. The molecular weight excluding hydrogens is 308 g/mol. The van der Waals surface area contributed by atoms with Crippen molar-refractivity contribution >= 4 is 27.3 Å². The molecule has 0 saturated carbocycles. The molecule has 0 aliphatic rings. The van der Waals surface area contributed by atoms with Crippen molar-refractivity contribution in [3.05, 3.63) is 50.6 Å². The maximum Gasteiger partial charge on any atom is 0.124 e. The van der Waals surface area contributed by atoms with Crippen molar-refractivity contribution in [1.82, 2.24) is 0 Å². The molecule has 1 nitrogen and oxygen atoms in total. The molecule has 0 N–H and O–H groups in total. The number of thiophene rings is 1. The highest BCUT2D eigenvalue weighted by molar-refractivity contribution is 9.10. The highest BCUT2D eigenvalue weighted by Gasteiger charge is 2.10. The summed E-state index contributed by atoms with van der Waals surface area (Å²) in [6.07, 6.45) is 1.13. The fourth-order valence-corrected chi connectivity index (χ4v) is 3.19. The van der Waals surface area contributed by atoms with Crippen LogP contribution >= 0.6 is 27.3 Å². The van der Waals surface area contributed by atoms with Crippen molar-refractivity contribution in [2.75, 3.05) is 0 Å². The topological polar surface area (TPSA) is 9.23 Å². The molecule has 1 aromatic carbocycles. The number of halogens is 1. The van der Waals surface area contributed by atoms with Gasteiger partial charge in [-0.15, -0.1) is 11.3 Å². The van der Waals surface area contributed by atoms with E-state index in [1.54, 1.807) is 11.3 Å². The largest absolute Gasteiger partial charge is 0.488 e. The number of benzene rings is 1. The molecule has 2 rings (SSSR count). The van der Waals surface area contributed by atoms with Gasteiger partial charge < -0.3 is 4.74 Å². The van der Waals surface area contributed by atoms with Gasteiger partial charge in [-0.1, -0.05) is 32.0 Å². The van der Waals surface area contributed by atoms with E-state index < -0.39 is 0 Å². The third-order valence-corrected chi connectivity index (χ3v) is 5.01. The fraction of sp³-hybridized carbons (Fsp3) is 0.333. The van der Waals surface area contributed by atoms with Gasteiger partial charge in [0.2, 0.25) is 0 Å². The predicted octanol–water partition coefficient (Wildman–Crippen LogP) is 5.60. The highest BCUT2D eigenvalue weighted by Crippen LogP contribution is 2.30. The third-order valence-electron chi connectivity index (χ3n) is 3.11. The first kappa shape index (κ1) is 13.6. The highest BCUT2D eigenvalue weighted by atomic mass is 79.9. The van der Waals surface area contributed by atoms with Crippen molar-refractivity contribution in [3.63, 3.8) is 0 Å². The average Bonchev–Trinajstić information content (AvgIpc) is 2.81. The molecule has 0 amide bonds. The smallest absolute Gasteiger partial charge is 0.124 e. The summed E-state index contributed by atoms with van der Waals surface area (Å²) in [7, 11) is 0. The van der Waals surface area contributed by atoms with Crippen LogP contribution in [0.4, 0.5) is 0 Å². The minimum Gasteiger partial charge on any atom is -0.488 e. The summed E-state index contributed by atoms with van der Waals surface area (Å²) in [5.74, 6) is 1.54. The number of hydrogen-bond donors (Lipinski definition) is 0. The summed E-state index contributed by atoms with van der Waals surface area (Å²) in [4.78, 5) is 1.23. The Labute approximate surface area is 121 Å². The minimum absolute atomic E-state index is 0.535. The third kappa shape index (κ3) is 3.15. The molecule has 1 aromatic heterocycles. The van der Waals surface area contributed by atoms with Gasteiger partial charge in [-0.3, -0.25) is 0 Å². The van der Waals surface area contributed by atoms with Gasteiger partial charge in [0.05, 0.1) is 4.88 Å². The van der Waals surface area contributed by atoms with Gasteiger partial charge in [-0.25, -0.2) is 0 Å². The van der Waals surface area contributed by atoms with Crippen molar-refractivity contribution in [1.29, 1.82) is 0 Å². The lowest BCUT2D eigenvalue weighted by Crippen LogP contribution is -2.00. The van der Waals surface area contributed by atoms with Crippen LogP contribution in [0.3, 0.4) is 0 Å². The quantitative estimate of drug-likeness (QED) is 0.695. The first-order chi connectivity index (χ1) is 8.72. The standard InChI is InChI=1S/C15H17BrOS/c1-3-11(2)12-6-4-5-7-14(12)17-10-15-13(16)8-9-18-15/h4-9,11H,3,10H2,1-2H3. The summed E-state index contributed by atoms with van der Waals surface area (Å²) in [5, 5.41) is 2.07. The maximum atomic E-state index is 5.97. The first-order valence-corrected chi connectivity index (χ1v) is 7.83. The van der Waals surface area contributed by atoms with Crippen LogP contribution in [0.25, 0.3) is 0 Å². The Balaban J connectivity index is 2.12. The van der Waals surface area contributed by atoms with Crippen molar-refractivity contribution in [2.45, 2.75) is 32.8 Å². The lowest BCUT2D eigenvalue weighted by atomic mass is 9.98. The van der Waals surface area contributed by atoms with Crippen LogP contribution in [-0.4, -0.2) is 0 Å². The molecule has 1 unspecified atom stereocenters. The zero-order valence-electron chi connectivity index (χ0n) is 10.7. The molecule has 0 bridgehead atoms. The fourth-order valence-electron chi connectivity index (χ4n) is 1.81. The van der Waals surface area contributed by atoms with Gasteiger partial charge in [0, 0.05) is 4.47 Å². The lowest BCUT2D eigenvalue weighted by molar-refractivity contribution is 0.304. The molecule has 0 aliphatic carbocycles. The van der Waals surface area contributed by atoms with E-state index in [2.05, 4.69) is 59.4 Å². The molecular formula is C15H17BrOS. The lowest BCUT2D eigenvalue weighted by Gasteiger charge is -2.15. The average molecular weight is 325 g/mol. The zero-order chi connectivity index (χ0) is 13.0. The second-order valence-electron chi connectivity index (χ2n) is 4.33. The Bertz CT molecular complexity index is 507. The van der Waals surface area contributed by atoms with E-state index in [9.17, 15) is 0 Å². The van der Waals surface area contributed by atoms with E-state index in [1.165, 1.54) is 10.4 Å². The summed E-state index contributed by atoms with van der Waals surface area (Å²) >= 11 is 5.25. The van der Waals surface area contributed by atoms with Crippen LogP contribution in [0, 0.1) is 0 Å². The zero-order valence-corrected chi connectivity index (χ0v) is 13.1. The Kier molecular flexibility index (Phi) is 4.84. The minimum atomic E-state index is 0.535. The Hall–Kier alpha value is -0.800. The molecule has 2 aromatic rings. The second kappa shape index (κ2) is 6.39. The molecule has 1 heterocycles. The molecule has 1 atom stereocenters. The number of rotatable bonds is 5. The van der Waals surface area contributed by atoms with Gasteiger partial charge in [-0.05, 0) is 51.3 Å². The van der Waals surface area contributed by atoms with E-state index in [4.69, 9.17) is 4.74 Å². The Morgan fingerprint density at radius 3 is 2.72 bits per heavy atom. The van der Waals surface area contributed by atoms with Crippen molar-refractivity contribution in [3.8, 4) is 5.75 Å². The van der Waals surface area contributed by atoms with Gasteiger partial charge in [0.25, 0.3) is 0 Å². The predicted molar refractivity (Wildman–Crippen MR) is 81.5 cm³/mol. The summed E-state index contributed by atoms with van der Waals surface area (Å²) < 4.78 is 7.10. The number of para-hydroxylation sites is 1. The van der Waals surface area contributed by atoms with Crippen LogP contribution in [0.1, 0.15) is 36.6 Å².